The molecule has 0 amide bonds. The highest BCUT2D eigenvalue weighted by molar-refractivity contribution is 5.55. The first kappa shape index (κ1) is 17.4. The van der Waals surface area contributed by atoms with Gasteiger partial charge in [0.15, 0.2) is 0 Å². The highest BCUT2D eigenvalue weighted by Gasteiger charge is 2.16. The van der Waals surface area contributed by atoms with Crippen LogP contribution in [-0.2, 0) is 16.1 Å². The smallest absolute Gasteiger partial charge is 0.269 e. The Labute approximate surface area is 125 Å². The van der Waals surface area contributed by atoms with Gasteiger partial charge in [-0.1, -0.05) is 0 Å². The number of non-ortho nitro benzene ring substituents is 1. The zero-order valence-electron chi connectivity index (χ0n) is 13.1. The highest BCUT2D eigenvalue weighted by atomic mass is 16.6. The Kier molecular flexibility index (Phi) is 6.58. The average Bonchev–Trinajstić information content (AvgIpc) is 2.45. The zero-order valence-corrected chi connectivity index (χ0v) is 13.1. The van der Waals surface area contributed by atoms with Gasteiger partial charge in [-0.15, -0.1) is 0 Å². The first-order valence-corrected chi connectivity index (χ1v) is 7.03. The second-order valence-corrected chi connectivity index (χ2v) is 5.40. The van der Waals surface area contributed by atoms with Gasteiger partial charge < -0.3 is 14.8 Å². The molecule has 0 aromatic heterocycles. The number of nitro benzene ring substituents is 1. The SMILES string of the molecule is CCNc1ccc([N+](=O)[O-])cc1COCCC(C)(C)OC. The lowest BCUT2D eigenvalue weighted by atomic mass is 10.1. The molecule has 1 aromatic carbocycles. The number of hydrogen-bond acceptors (Lipinski definition) is 5. The van der Waals surface area contributed by atoms with Gasteiger partial charge >= 0.3 is 0 Å². The molecular weight excluding hydrogens is 272 g/mol. The lowest BCUT2D eigenvalue weighted by Crippen LogP contribution is -2.24. The Morgan fingerprint density at radius 3 is 2.67 bits per heavy atom. The molecular formula is C15H24N2O4. The molecule has 0 unspecified atom stereocenters. The van der Waals surface area contributed by atoms with Crippen LogP contribution in [-0.4, -0.2) is 30.8 Å². The Balaban J connectivity index is 2.67. The van der Waals surface area contributed by atoms with Crippen molar-refractivity contribution in [2.75, 3.05) is 25.6 Å². The summed E-state index contributed by atoms with van der Waals surface area (Å²) in [5.41, 5.74) is 1.51. The van der Waals surface area contributed by atoms with Crippen LogP contribution in [0.15, 0.2) is 18.2 Å². The molecule has 6 heteroatoms. The van der Waals surface area contributed by atoms with E-state index < -0.39 is 4.92 Å². The summed E-state index contributed by atoms with van der Waals surface area (Å²) < 4.78 is 11.0. The molecule has 0 saturated carbocycles. The number of nitrogens with zero attached hydrogens (tertiary/aromatic N) is 1. The maximum Gasteiger partial charge on any atom is 0.269 e. The van der Waals surface area contributed by atoms with E-state index in [2.05, 4.69) is 5.32 Å². The van der Waals surface area contributed by atoms with E-state index in [9.17, 15) is 10.1 Å². The minimum atomic E-state index is -0.396. The molecule has 0 fully saturated rings. The Bertz CT molecular complexity index is 475. The molecule has 118 valence electrons. The van der Waals surface area contributed by atoms with Crippen molar-refractivity contribution < 1.29 is 14.4 Å². The third-order valence-corrected chi connectivity index (χ3v) is 3.33. The van der Waals surface area contributed by atoms with Gasteiger partial charge in [0.2, 0.25) is 0 Å². The van der Waals surface area contributed by atoms with Crippen LogP contribution >= 0.6 is 0 Å². The summed E-state index contributed by atoms with van der Waals surface area (Å²) in [6.07, 6.45) is 0.759. The zero-order chi connectivity index (χ0) is 15.9. The minimum absolute atomic E-state index is 0.0764. The van der Waals surface area contributed by atoms with Crippen LogP contribution in [0.4, 0.5) is 11.4 Å². The van der Waals surface area contributed by atoms with E-state index in [0.717, 1.165) is 24.2 Å². The predicted octanol–water partition coefficient (Wildman–Crippen LogP) is 3.36. The van der Waals surface area contributed by atoms with Gasteiger partial charge in [0.05, 0.1) is 17.1 Å². The van der Waals surface area contributed by atoms with Gasteiger partial charge in [0.1, 0.15) is 0 Å². The molecule has 1 N–H and O–H groups in total. The number of ether oxygens (including phenoxy) is 2. The van der Waals surface area contributed by atoms with Crippen LogP contribution in [0.25, 0.3) is 0 Å². The van der Waals surface area contributed by atoms with Crippen LogP contribution in [0.2, 0.25) is 0 Å². The normalized spacial score (nSPS) is 11.4. The Hall–Kier alpha value is -1.66. The lowest BCUT2D eigenvalue weighted by Gasteiger charge is -2.22. The first-order valence-electron chi connectivity index (χ1n) is 7.03. The molecule has 0 spiro atoms. The van der Waals surface area contributed by atoms with Crippen molar-refractivity contribution in [2.45, 2.75) is 39.4 Å². The summed E-state index contributed by atoms with van der Waals surface area (Å²) in [5, 5.41) is 14.0. The number of methoxy groups -OCH3 is 1. The highest BCUT2D eigenvalue weighted by Crippen LogP contribution is 2.23. The number of nitro groups is 1. The molecule has 1 aromatic rings. The summed E-state index contributed by atoms with van der Waals surface area (Å²) in [4.78, 5) is 10.5. The third-order valence-electron chi connectivity index (χ3n) is 3.33. The van der Waals surface area contributed by atoms with Crippen LogP contribution in [0.3, 0.4) is 0 Å². The van der Waals surface area contributed by atoms with Crippen molar-refractivity contribution in [3.63, 3.8) is 0 Å². The van der Waals surface area contributed by atoms with Crippen LogP contribution in [0.5, 0.6) is 0 Å². The summed E-state index contributed by atoms with van der Waals surface area (Å²) in [6.45, 7) is 7.59. The summed E-state index contributed by atoms with van der Waals surface area (Å²) in [5.74, 6) is 0. The Morgan fingerprint density at radius 2 is 2.10 bits per heavy atom. The standard InChI is InChI=1S/C15H24N2O4/c1-5-16-14-7-6-13(17(18)19)10-12(14)11-21-9-8-15(2,3)20-4/h6-7,10,16H,5,8-9,11H2,1-4H3. The summed E-state index contributed by atoms with van der Waals surface area (Å²) in [7, 11) is 1.67. The van der Waals surface area contributed by atoms with Crippen LogP contribution in [0.1, 0.15) is 32.8 Å². The van der Waals surface area contributed by atoms with E-state index in [1.165, 1.54) is 6.07 Å². The van der Waals surface area contributed by atoms with E-state index >= 15 is 0 Å². The second-order valence-electron chi connectivity index (χ2n) is 5.40. The minimum Gasteiger partial charge on any atom is -0.385 e. The van der Waals surface area contributed by atoms with E-state index in [1.54, 1.807) is 19.2 Å². The quantitative estimate of drug-likeness (QED) is 0.430. The molecule has 21 heavy (non-hydrogen) atoms. The molecule has 0 aliphatic carbocycles. The number of benzene rings is 1. The van der Waals surface area contributed by atoms with E-state index in [-0.39, 0.29) is 11.3 Å². The molecule has 6 nitrogen and oxygen atoms in total. The summed E-state index contributed by atoms with van der Waals surface area (Å²) in [6, 6.07) is 4.77. The largest absolute Gasteiger partial charge is 0.385 e. The topological polar surface area (TPSA) is 73.6 Å². The average molecular weight is 296 g/mol. The van der Waals surface area contributed by atoms with Gasteiger partial charge in [-0.05, 0) is 33.3 Å². The monoisotopic (exact) mass is 296 g/mol. The van der Waals surface area contributed by atoms with E-state index in [1.807, 2.05) is 20.8 Å². The van der Waals surface area contributed by atoms with Crippen molar-refractivity contribution in [3.05, 3.63) is 33.9 Å². The fraction of sp³-hybridized carbons (Fsp3) is 0.600. The summed E-state index contributed by atoms with van der Waals surface area (Å²) >= 11 is 0. The van der Waals surface area contributed by atoms with E-state index in [4.69, 9.17) is 9.47 Å². The van der Waals surface area contributed by atoms with Gasteiger partial charge in [-0.3, -0.25) is 10.1 Å². The van der Waals surface area contributed by atoms with Crippen LogP contribution in [0, 0.1) is 10.1 Å². The van der Waals surface area contributed by atoms with Crippen molar-refractivity contribution in [3.8, 4) is 0 Å². The number of nitrogens with one attached hydrogen (secondary N) is 1. The van der Waals surface area contributed by atoms with Crippen molar-refractivity contribution in [2.24, 2.45) is 0 Å². The molecule has 0 radical (unpaired) electrons. The van der Waals surface area contributed by atoms with E-state index in [0.29, 0.717) is 13.2 Å². The van der Waals surface area contributed by atoms with Crippen molar-refractivity contribution in [1.29, 1.82) is 0 Å². The molecule has 0 aliphatic rings. The lowest BCUT2D eigenvalue weighted by molar-refractivity contribution is -0.384. The van der Waals surface area contributed by atoms with Gasteiger partial charge in [0, 0.05) is 43.6 Å². The molecule has 1 rings (SSSR count). The van der Waals surface area contributed by atoms with Gasteiger partial charge in [-0.2, -0.15) is 0 Å². The second kappa shape index (κ2) is 7.95. The predicted molar refractivity (Wildman–Crippen MR) is 82.6 cm³/mol. The molecule has 0 aliphatic heterocycles. The van der Waals surface area contributed by atoms with Crippen molar-refractivity contribution >= 4 is 11.4 Å². The van der Waals surface area contributed by atoms with Crippen LogP contribution < -0.4 is 5.32 Å². The molecule has 0 bridgehead atoms. The molecule has 0 atom stereocenters. The number of hydrogen-bond donors (Lipinski definition) is 1. The maximum absolute atomic E-state index is 10.9. The maximum atomic E-state index is 10.9. The molecule has 0 saturated heterocycles. The number of rotatable bonds is 9. The number of anilines is 1. The fourth-order valence-electron chi connectivity index (χ4n) is 1.78. The fourth-order valence-corrected chi connectivity index (χ4v) is 1.78. The first-order chi connectivity index (χ1) is 9.89. The Morgan fingerprint density at radius 1 is 1.38 bits per heavy atom. The molecule has 0 heterocycles. The van der Waals surface area contributed by atoms with Gasteiger partial charge in [0.25, 0.3) is 5.69 Å². The van der Waals surface area contributed by atoms with Gasteiger partial charge in [-0.25, -0.2) is 0 Å². The third kappa shape index (κ3) is 5.69. The van der Waals surface area contributed by atoms with Crippen molar-refractivity contribution in [1.82, 2.24) is 0 Å².